The van der Waals surface area contributed by atoms with E-state index in [9.17, 15) is 10.1 Å². The molecule has 188 valence electrons. The van der Waals surface area contributed by atoms with Crippen LogP contribution in [0.15, 0.2) is 18.2 Å². The van der Waals surface area contributed by atoms with E-state index in [1.165, 1.54) is 43.3 Å². The van der Waals surface area contributed by atoms with Crippen molar-refractivity contribution in [1.82, 2.24) is 15.3 Å². The van der Waals surface area contributed by atoms with Crippen LogP contribution in [0, 0.1) is 10.1 Å². The highest BCUT2D eigenvalue weighted by molar-refractivity contribution is 7.80. The van der Waals surface area contributed by atoms with Crippen molar-refractivity contribution in [3.63, 3.8) is 0 Å². The van der Waals surface area contributed by atoms with Crippen LogP contribution in [0.3, 0.4) is 0 Å². The predicted octanol–water partition coefficient (Wildman–Crippen LogP) is 4.05. The summed E-state index contributed by atoms with van der Waals surface area (Å²) >= 11 is 5.49. The Hall–Kier alpha value is -3.21. The minimum absolute atomic E-state index is 0.0299. The summed E-state index contributed by atoms with van der Waals surface area (Å²) in [5.74, 6) is 2.14. The lowest BCUT2D eigenvalue weighted by atomic mass is 9.91. The van der Waals surface area contributed by atoms with Gasteiger partial charge in [0.25, 0.3) is 5.69 Å². The Bertz CT molecular complexity index is 1090. The molecule has 2 aliphatic carbocycles. The van der Waals surface area contributed by atoms with Crippen molar-refractivity contribution in [3.05, 3.63) is 39.6 Å². The molecule has 1 heterocycles. The lowest BCUT2D eigenvalue weighted by molar-refractivity contribution is -0.384. The van der Waals surface area contributed by atoms with Crippen molar-refractivity contribution in [2.24, 2.45) is 0 Å². The highest BCUT2D eigenvalue weighted by atomic mass is 32.1. The van der Waals surface area contributed by atoms with Crippen molar-refractivity contribution in [3.8, 4) is 5.75 Å². The first-order valence-corrected chi connectivity index (χ1v) is 12.5. The molecule has 0 unspecified atom stereocenters. The van der Waals surface area contributed by atoms with Gasteiger partial charge in [0.05, 0.1) is 29.5 Å². The van der Waals surface area contributed by atoms with Crippen LogP contribution in [0.1, 0.15) is 49.8 Å². The summed E-state index contributed by atoms with van der Waals surface area (Å²) in [5, 5.41) is 21.5. The van der Waals surface area contributed by atoms with Crippen molar-refractivity contribution < 1.29 is 9.66 Å². The van der Waals surface area contributed by atoms with E-state index in [0.717, 1.165) is 50.3 Å². The number of benzene rings is 1. The van der Waals surface area contributed by atoms with Gasteiger partial charge in [-0.2, -0.15) is 4.98 Å². The number of thiocarbonyl (C=S) groups is 1. The number of non-ortho nitro benzene ring substituents is 1. The number of hydrogen-bond donors (Lipinski definition) is 3. The summed E-state index contributed by atoms with van der Waals surface area (Å²) in [5.41, 5.74) is 3.04. The summed E-state index contributed by atoms with van der Waals surface area (Å²) in [7, 11) is 5.56. The number of rotatable bonds is 7. The molecule has 0 aliphatic heterocycles. The Morgan fingerprint density at radius 1 is 1.14 bits per heavy atom. The van der Waals surface area contributed by atoms with Gasteiger partial charge in [0.15, 0.2) is 5.11 Å². The first-order valence-electron chi connectivity index (χ1n) is 12.1. The fraction of sp³-hybridized carbons (Fsp3) is 0.542. The topological polar surface area (TPSA) is 117 Å². The number of methoxy groups -OCH3 is 1. The quantitative estimate of drug-likeness (QED) is 0.293. The second kappa shape index (κ2) is 11.0. The van der Waals surface area contributed by atoms with Crippen molar-refractivity contribution in [1.29, 1.82) is 0 Å². The molecule has 10 nitrogen and oxygen atoms in total. The number of nitrogens with one attached hydrogen (secondary N) is 3. The molecule has 0 bridgehead atoms. The molecule has 0 amide bonds. The smallest absolute Gasteiger partial charge is 0.273 e. The van der Waals surface area contributed by atoms with Crippen LogP contribution < -0.4 is 25.6 Å². The summed E-state index contributed by atoms with van der Waals surface area (Å²) in [6, 6.07) is 4.98. The SMILES string of the molecule is COc1cc([N+](=O)[O-])ccc1NC(=S)NC1CCC(Nc2nc3c(c(N(C)C)n2)CCCC3)CC1. The van der Waals surface area contributed by atoms with Gasteiger partial charge >= 0.3 is 0 Å². The van der Waals surface area contributed by atoms with Crippen molar-refractivity contribution in [2.45, 2.75) is 63.5 Å². The van der Waals surface area contributed by atoms with Gasteiger partial charge in [0.1, 0.15) is 11.6 Å². The number of hydrogen-bond acceptors (Lipinski definition) is 8. The van der Waals surface area contributed by atoms with Crippen LogP contribution in [-0.4, -0.2) is 53.3 Å². The van der Waals surface area contributed by atoms with Gasteiger partial charge in [-0.05, 0) is 69.7 Å². The van der Waals surface area contributed by atoms with Crippen LogP contribution in [0.5, 0.6) is 5.75 Å². The van der Waals surface area contributed by atoms with Gasteiger partial charge < -0.3 is 25.6 Å². The number of ether oxygens (including phenoxy) is 1. The Kier molecular flexibility index (Phi) is 7.84. The van der Waals surface area contributed by atoms with Gasteiger partial charge in [-0.25, -0.2) is 4.98 Å². The maximum atomic E-state index is 11.0. The maximum Gasteiger partial charge on any atom is 0.273 e. The molecule has 0 atom stereocenters. The molecule has 2 aromatic rings. The number of anilines is 3. The van der Waals surface area contributed by atoms with Crippen LogP contribution in [-0.2, 0) is 12.8 Å². The average molecular weight is 500 g/mol. The molecule has 0 radical (unpaired) electrons. The number of aromatic nitrogens is 2. The minimum atomic E-state index is -0.453. The third kappa shape index (κ3) is 6.08. The molecule has 11 heteroatoms. The standard InChI is InChI=1S/C24H33N7O3S/c1-30(2)22-18-6-4-5-7-19(18)27-23(29-22)25-15-8-10-16(11-9-15)26-24(35)28-20-13-12-17(31(32)33)14-21(20)34-3/h12-16H,4-11H2,1-3H3,(H,25,27,29)(H2,26,28,35). The molecule has 3 N–H and O–H groups in total. The van der Waals surface area contributed by atoms with Crippen LogP contribution >= 0.6 is 12.2 Å². The molecule has 0 spiro atoms. The Morgan fingerprint density at radius 3 is 2.54 bits per heavy atom. The Morgan fingerprint density at radius 2 is 1.86 bits per heavy atom. The molecule has 1 saturated carbocycles. The third-order valence-corrected chi connectivity index (χ3v) is 6.84. The highest BCUT2D eigenvalue weighted by Gasteiger charge is 2.24. The zero-order valence-corrected chi connectivity index (χ0v) is 21.3. The average Bonchev–Trinajstić information content (AvgIpc) is 2.84. The van der Waals surface area contributed by atoms with Crippen LogP contribution in [0.25, 0.3) is 0 Å². The maximum absolute atomic E-state index is 11.0. The van der Waals surface area contributed by atoms with Crippen LogP contribution in [0.2, 0.25) is 0 Å². The molecular formula is C24H33N7O3S. The molecule has 1 aromatic heterocycles. The molecule has 1 fully saturated rings. The fourth-order valence-electron chi connectivity index (χ4n) is 4.81. The summed E-state index contributed by atoms with van der Waals surface area (Å²) in [6.07, 6.45) is 8.36. The second-order valence-electron chi connectivity index (χ2n) is 9.33. The van der Waals surface area contributed by atoms with E-state index in [4.69, 9.17) is 26.9 Å². The normalized spacial score (nSPS) is 19.3. The van der Waals surface area contributed by atoms with E-state index in [2.05, 4.69) is 20.9 Å². The number of nitro benzene ring substituents is 1. The van der Waals surface area contributed by atoms with Crippen LogP contribution in [0.4, 0.5) is 23.1 Å². The number of fused-ring (bicyclic) bond motifs is 1. The van der Waals surface area contributed by atoms with Crippen molar-refractivity contribution in [2.75, 3.05) is 36.7 Å². The molecule has 1 aromatic carbocycles. The zero-order chi connectivity index (χ0) is 24.9. The molecular weight excluding hydrogens is 466 g/mol. The van der Waals surface area contributed by atoms with E-state index in [0.29, 0.717) is 22.6 Å². The van der Waals surface area contributed by atoms with Gasteiger partial charge in [0.2, 0.25) is 5.95 Å². The zero-order valence-electron chi connectivity index (χ0n) is 20.5. The summed E-state index contributed by atoms with van der Waals surface area (Å²) < 4.78 is 5.28. The van der Waals surface area contributed by atoms with Gasteiger partial charge in [-0.15, -0.1) is 0 Å². The Balaban J connectivity index is 1.31. The van der Waals surface area contributed by atoms with E-state index in [1.54, 1.807) is 6.07 Å². The molecule has 0 saturated heterocycles. The largest absolute Gasteiger partial charge is 0.494 e. The lowest BCUT2D eigenvalue weighted by Crippen LogP contribution is -2.42. The van der Waals surface area contributed by atoms with E-state index >= 15 is 0 Å². The molecule has 35 heavy (non-hydrogen) atoms. The lowest BCUT2D eigenvalue weighted by Gasteiger charge is -2.31. The summed E-state index contributed by atoms with van der Waals surface area (Å²) in [6.45, 7) is 0. The molecule has 4 rings (SSSR count). The first-order chi connectivity index (χ1) is 16.8. The fourth-order valence-corrected chi connectivity index (χ4v) is 5.09. The highest BCUT2D eigenvalue weighted by Crippen LogP contribution is 2.30. The number of nitro groups is 1. The monoisotopic (exact) mass is 499 g/mol. The first kappa shape index (κ1) is 24.9. The second-order valence-corrected chi connectivity index (χ2v) is 9.74. The Labute approximate surface area is 211 Å². The summed E-state index contributed by atoms with van der Waals surface area (Å²) in [4.78, 5) is 22.3. The van der Waals surface area contributed by atoms with Gasteiger partial charge in [-0.3, -0.25) is 10.1 Å². The number of aryl methyl sites for hydroxylation is 1. The van der Waals surface area contributed by atoms with Gasteiger partial charge in [0, 0.05) is 37.8 Å². The molecule has 2 aliphatic rings. The predicted molar refractivity (Wildman–Crippen MR) is 142 cm³/mol. The van der Waals surface area contributed by atoms with Crippen molar-refractivity contribution >= 4 is 40.5 Å². The third-order valence-electron chi connectivity index (χ3n) is 6.62. The van der Waals surface area contributed by atoms with E-state index in [1.807, 2.05) is 14.1 Å². The number of nitrogens with zero attached hydrogens (tertiary/aromatic N) is 4. The van der Waals surface area contributed by atoms with Gasteiger partial charge in [-0.1, -0.05) is 0 Å². The van der Waals surface area contributed by atoms with E-state index in [-0.39, 0.29) is 11.7 Å². The minimum Gasteiger partial charge on any atom is -0.494 e. The van der Waals surface area contributed by atoms with E-state index < -0.39 is 4.92 Å².